The van der Waals surface area contributed by atoms with E-state index in [1.54, 1.807) is 4.68 Å². The zero-order valence-electron chi connectivity index (χ0n) is 9.36. The first kappa shape index (κ1) is 12.5. The van der Waals surface area contributed by atoms with Gasteiger partial charge in [0.1, 0.15) is 5.75 Å². The Morgan fingerprint density at radius 3 is 3.00 bits per heavy atom. The highest BCUT2D eigenvalue weighted by atomic mass is 79.9. The second-order valence-electron chi connectivity index (χ2n) is 3.70. The van der Waals surface area contributed by atoms with Gasteiger partial charge < -0.3 is 4.74 Å². The van der Waals surface area contributed by atoms with Crippen molar-refractivity contribution in [2.75, 3.05) is 6.61 Å². The van der Waals surface area contributed by atoms with Gasteiger partial charge in [0.25, 0.3) is 0 Å². The molecule has 0 radical (unpaired) electrons. The van der Waals surface area contributed by atoms with Crippen LogP contribution in [-0.4, -0.2) is 16.4 Å². The Kier molecular flexibility index (Phi) is 4.07. The van der Waals surface area contributed by atoms with Crippen LogP contribution in [-0.2, 0) is 13.5 Å². The standard InChI is InChI=1S/C12H12BrClN2O/c1-16-8-9(7-15-16)4-5-17-12-6-10(13)2-3-11(12)14/h2-3,6-8H,4-5H2,1H3. The Labute approximate surface area is 113 Å². The molecular weight excluding hydrogens is 304 g/mol. The molecule has 1 aromatic carbocycles. The number of benzene rings is 1. The quantitative estimate of drug-likeness (QED) is 0.864. The molecule has 2 rings (SSSR count). The number of aryl methyl sites for hydroxylation is 1. The zero-order valence-corrected chi connectivity index (χ0v) is 11.7. The third-order valence-corrected chi connectivity index (χ3v) is 3.11. The summed E-state index contributed by atoms with van der Waals surface area (Å²) in [6.45, 7) is 0.585. The SMILES string of the molecule is Cn1cc(CCOc2cc(Br)ccc2Cl)cn1. The smallest absolute Gasteiger partial charge is 0.139 e. The molecule has 0 aliphatic heterocycles. The van der Waals surface area contributed by atoms with Gasteiger partial charge in [0.15, 0.2) is 0 Å². The van der Waals surface area contributed by atoms with Crippen molar-refractivity contribution in [3.63, 3.8) is 0 Å². The molecule has 0 amide bonds. The van der Waals surface area contributed by atoms with Crippen LogP contribution >= 0.6 is 27.5 Å². The lowest BCUT2D eigenvalue weighted by Crippen LogP contribution is -2.01. The molecule has 17 heavy (non-hydrogen) atoms. The fourth-order valence-electron chi connectivity index (χ4n) is 1.47. The maximum atomic E-state index is 6.02. The lowest BCUT2D eigenvalue weighted by Gasteiger charge is -2.07. The minimum Gasteiger partial charge on any atom is -0.492 e. The monoisotopic (exact) mass is 314 g/mol. The fraction of sp³-hybridized carbons (Fsp3) is 0.250. The van der Waals surface area contributed by atoms with Crippen LogP contribution in [0.25, 0.3) is 0 Å². The summed E-state index contributed by atoms with van der Waals surface area (Å²) >= 11 is 9.40. The Morgan fingerprint density at radius 2 is 2.29 bits per heavy atom. The topological polar surface area (TPSA) is 27.1 Å². The van der Waals surface area contributed by atoms with E-state index in [-0.39, 0.29) is 0 Å². The van der Waals surface area contributed by atoms with Crippen LogP contribution in [0, 0.1) is 0 Å². The van der Waals surface area contributed by atoms with E-state index in [1.165, 1.54) is 0 Å². The number of hydrogen-bond donors (Lipinski definition) is 0. The van der Waals surface area contributed by atoms with Crippen LogP contribution in [0.5, 0.6) is 5.75 Å². The first-order valence-electron chi connectivity index (χ1n) is 5.20. The average Bonchev–Trinajstić information content (AvgIpc) is 2.69. The van der Waals surface area contributed by atoms with Crippen molar-refractivity contribution in [3.05, 3.63) is 45.7 Å². The Balaban J connectivity index is 1.91. The Bertz CT molecular complexity index is 513. The molecule has 5 heteroatoms. The van der Waals surface area contributed by atoms with Crippen molar-refractivity contribution in [2.45, 2.75) is 6.42 Å². The Hall–Kier alpha value is -1.00. The van der Waals surface area contributed by atoms with E-state index in [4.69, 9.17) is 16.3 Å². The van der Waals surface area contributed by atoms with Crippen molar-refractivity contribution in [3.8, 4) is 5.75 Å². The molecule has 0 saturated heterocycles. The zero-order chi connectivity index (χ0) is 12.3. The Morgan fingerprint density at radius 1 is 1.47 bits per heavy atom. The van der Waals surface area contributed by atoms with Gasteiger partial charge in [-0.15, -0.1) is 0 Å². The van der Waals surface area contributed by atoms with Crippen molar-refractivity contribution in [1.82, 2.24) is 9.78 Å². The van der Waals surface area contributed by atoms with E-state index < -0.39 is 0 Å². The van der Waals surface area contributed by atoms with Crippen LogP contribution in [0.15, 0.2) is 35.1 Å². The number of hydrogen-bond acceptors (Lipinski definition) is 2. The van der Waals surface area contributed by atoms with Crippen LogP contribution < -0.4 is 4.74 Å². The predicted molar refractivity (Wildman–Crippen MR) is 71.6 cm³/mol. The van der Waals surface area contributed by atoms with Gasteiger partial charge in [-0.05, 0) is 23.8 Å². The van der Waals surface area contributed by atoms with E-state index in [2.05, 4.69) is 21.0 Å². The maximum absolute atomic E-state index is 6.02. The molecule has 90 valence electrons. The van der Waals surface area contributed by atoms with Crippen LogP contribution in [0.1, 0.15) is 5.56 Å². The molecule has 0 saturated carbocycles. The van der Waals surface area contributed by atoms with Gasteiger partial charge in [0.2, 0.25) is 0 Å². The largest absolute Gasteiger partial charge is 0.492 e. The second kappa shape index (κ2) is 5.56. The van der Waals surface area contributed by atoms with Gasteiger partial charge in [0, 0.05) is 24.1 Å². The summed E-state index contributed by atoms with van der Waals surface area (Å²) in [5, 5.41) is 4.73. The highest BCUT2D eigenvalue weighted by Gasteiger charge is 2.03. The molecule has 0 atom stereocenters. The summed E-state index contributed by atoms with van der Waals surface area (Å²) in [5.41, 5.74) is 1.15. The summed E-state index contributed by atoms with van der Waals surface area (Å²) < 4.78 is 8.37. The highest BCUT2D eigenvalue weighted by Crippen LogP contribution is 2.27. The molecule has 0 aliphatic carbocycles. The van der Waals surface area contributed by atoms with Gasteiger partial charge in [-0.3, -0.25) is 4.68 Å². The molecule has 3 nitrogen and oxygen atoms in total. The van der Waals surface area contributed by atoms with Gasteiger partial charge in [0.05, 0.1) is 17.8 Å². The molecule has 0 fully saturated rings. The molecule has 0 spiro atoms. The third kappa shape index (κ3) is 3.48. The lowest BCUT2D eigenvalue weighted by molar-refractivity contribution is 0.322. The number of halogens is 2. The molecular formula is C12H12BrClN2O. The third-order valence-electron chi connectivity index (χ3n) is 2.30. The van der Waals surface area contributed by atoms with Crippen molar-refractivity contribution in [2.24, 2.45) is 7.05 Å². The summed E-state index contributed by atoms with van der Waals surface area (Å²) in [7, 11) is 1.90. The van der Waals surface area contributed by atoms with Crippen LogP contribution in [0.2, 0.25) is 5.02 Å². The van der Waals surface area contributed by atoms with Gasteiger partial charge in [-0.1, -0.05) is 27.5 Å². The average molecular weight is 316 g/mol. The summed E-state index contributed by atoms with van der Waals surface area (Å²) in [4.78, 5) is 0. The van der Waals surface area contributed by atoms with Gasteiger partial charge in [-0.2, -0.15) is 5.10 Å². The van der Waals surface area contributed by atoms with E-state index in [9.17, 15) is 0 Å². The normalized spacial score (nSPS) is 10.5. The number of ether oxygens (including phenoxy) is 1. The summed E-state index contributed by atoms with van der Waals surface area (Å²) in [6, 6.07) is 5.56. The van der Waals surface area contributed by atoms with Crippen molar-refractivity contribution < 1.29 is 4.74 Å². The van der Waals surface area contributed by atoms with Crippen molar-refractivity contribution >= 4 is 27.5 Å². The molecule has 0 N–H and O–H groups in total. The minimum absolute atomic E-state index is 0.585. The fourth-order valence-corrected chi connectivity index (χ4v) is 1.98. The van der Waals surface area contributed by atoms with E-state index in [0.29, 0.717) is 17.4 Å². The van der Waals surface area contributed by atoms with Crippen LogP contribution in [0.4, 0.5) is 0 Å². The molecule has 2 aromatic rings. The first-order chi connectivity index (χ1) is 8.15. The highest BCUT2D eigenvalue weighted by molar-refractivity contribution is 9.10. The minimum atomic E-state index is 0.585. The number of nitrogens with zero attached hydrogens (tertiary/aromatic N) is 2. The number of rotatable bonds is 4. The number of aromatic nitrogens is 2. The predicted octanol–water partition coefficient (Wildman–Crippen LogP) is 3.46. The van der Waals surface area contributed by atoms with Crippen molar-refractivity contribution in [1.29, 1.82) is 0 Å². The van der Waals surface area contributed by atoms with E-state index in [0.717, 1.165) is 16.5 Å². The molecule has 0 aliphatic rings. The van der Waals surface area contributed by atoms with Gasteiger partial charge in [-0.25, -0.2) is 0 Å². The first-order valence-corrected chi connectivity index (χ1v) is 6.37. The molecule has 1 heterocycles. The summed E-state index contributed by atoms with van der Waals surface area (Å²) in [6.07, 6.45) is 4.63. The molecule has 1 aromatic heterocycles. The maximum Gasteiger partial charge on any atom is 0.139 e. The molecule has 0 bridgehead atoms. The molecule has 0 unspecified atom stereocenters. The van der Waals surface area contributed by atoms with Gasteiger partial charge >= 0.3 is 0 Å². The van der Waals surface area contributed by atoms with E-state index in [1.807, 2.05) is 37.6 Å². The van der Waals surface area contributed by atoms with Crippen LogP contribution in [0.3, 0.4) is 0 Å². The lowest BCUT2D eigenvalue weighted by atomic mass is 10.3. The second-order valence-corrected chi connectivity index (χ2v) is 5.02. The summed E-state index contributed by atoms with van der Waals surface area (Å²) in [5.74, 6) is 0.699. The van der Waals surface area contributed by atoms with E-state index >= 15 is 0 Å².